The molecule has 2 rings (SSSR count). The summed E-state index contributed by atoms with van der Waals surface area (Å²) in [5.74, 6) is -0.893. The van der Waals surface area contributed by atoms with Gasteiger partial charge in [0.25, 0.3) is 0 Å². The van der Waals surface area contributed by atoms with Crippen LogP contribution < -0.4 is 0 Å². The van der Waals surface area contributed by atoms with Crippen molar-refractivity contribution in [2.45, 2.75) is 6.42 Å². The average molecular weight is 314 g/mol. The van der Waals surface area contributed by atoms with Crippen LogP contribution in [0, 0.1) is 0 Å². The summed E-state index contributed by atoms with van der Waals surface area (Å²) in [4.78, 5) is 13.2. The van der Waals surface area contributed by atoms with Crippen molar-refractivity contribution in [2.24, 2.45) is 0 Å². The Balaban J connectivity index is 1.94. The van der Waals surface area contributed by atoms with Gasteiger partial charge >= 0.3 is 5.97 Å². The van der Waals surface area contributed by atoms with Crippen LogP contribution in [0.5, 0.6) is 0 Å². The molecule has 0 aliphatic carbocycles. The maximum absolute atomic E-state index is 10.8. The largest absolute Gasteiger partial charge is 0.478 e. The molecule has 5 heteroatoms. The van der Waals surface area contributed by atoms with E-state index in [1.54, 1.807) is 12.1 Å². The summed E-state index contributed by atoms with van der Waals surface area (Å²) in [6.45, 7) is 4.54. The van der Waals surface area contributed by atoms with Crippen LogP contribution in [0.15, 0.2) is 22.7 Å². The van der Waals surface area contributed by atoms with Gasteiger partial charge in [-0.15, -0.1) is 0 Å². The first-order chi connectivity index (χ1) is 8.66. The summed E-state index contributed by atoms with van der Waals surface area (Å²) in [7, 11) is 0. The number of aromatic carboxylic acids is 1. The monoisotopic (exact) mass is 313 g/mol. The van der Waals surface area contributed by atoms with Gasteiger partial charge in [0.05, 0.1) is 18.8 Å². The van der Waals surface area contributed by atoms with Crippen LogP contribution in [0.1, 0.15) is 15.9 Å². The lowest BCUT2D eigenvalue weighted by atomic mass is 10.1. The fraction of sp³-hybridized carbons (Fsp3) is 0.462. The minimum absolute atomic E-state index is 0.317. The highest BCUT2D eigenvalue weighted by Gasteiger charge is 2.11. The van der Waals surface area contributed by atoms with Crippen LogP contribution in [0.4, 0.5) is 0 Å². The number of carbonyl (C=O) groups is 1. The zero-order valence-corrected chi connectivity index (χ0v) is 11.6. The van der Waals surface area contributed by atoms with E-state index in [-0.39, 0.29) is 0 Å². The van der Waals surface area contributed by atoms with E-state index in [2.05, 4.69) is 20.8 Å². The van der Waals surface area contributed by atoms with E-state index in [0.29, 0.717) is 5.56 Å². The molecule has 0 saturated carbocycles. The Morgan fingerprint density at radius 3 is 2.72 bits per heavy atom. The predicted molar refractivity (Wildman–Crippen MR) is 72.1 cm³/mol. The van der Waals surface area contributed by atoms with E-state index in [4.69, 9.17) is 9.84 Å². The molecule has 1 aromatic rings. The van der Waals surface area contributed by atoms with Crippen LogP contribution in [0.3, 0.4) is 0 Å². The molecule has 0 atom stereocenters. The van der Waals surface area contributed by atoms with Gasteiger partial charge in [0, 0.05) is 24.1 Å². The number of morpholine rings is 1. The SMILES string of the molecule is O=C(O)c1ccc(CCN2CCOCC2)c(Br)c1. The van der Waals surface area contributed by atoms with Gasteiger partial charge < -0.3 is 9.84 Å². The molecule has 18 heavy (non-hydrogen) atoms. The summed E-state index contributed by atoms with van der Waals surface area (Å²) in [5.41, 5.74) is 1.46. The Morgan fingerprint density at radius 1 is 1.39 bits per heavy atom. The van der Waals surface area contributed by atoms with Crippen molar-refractivity contribution in [1.82, 2.24) is 4.90 Å². The molecule has 0 radical (unpaired) electrons. The molecule has 1 heterocycles. The minimum atomic E-state index is -0.893. The molecule has 1 saturated heterocycles. The Hall–Kier alpha value is -0.910. The Labute approximate surface area is 115 Å². The molecular formula is C13H16BrNO3. The smallest absolute Gasteiger partial charge is 0.335 e. The van der Waals surface area contributed by atoms with Crippen LogP contribution in [0.25, 0.3) is 0 Å². The van der Waals surface area contributed by atoms with Crippen LogP contribution in [-0.4, -0.2) is 48.8 Å². The first-order valence-electron chi connectivity index (χ1n) is 5.98. The highest BCUT2D eigenvalue weighted by atomic mass is 79.9. The maximum atomic E-state index is 10.8. The van der Waals surface area contributed by atoms with Crippen molar-refractivity contribution >= 4 is 21.9 Å². The van der Waals surface area contributed by atoms with E-state index in [1.807, 2.05) is 6.07 Å². The van der Waals surface area contributed by atoms with Gasteiger partial charge in [0.15, 0.2) is 0 Å². The molecule has 0 bridgehead atoms. The van der Waals surface area contributed by atoms with Crippen molar-refractivity contribution in [1.29, 1.82) is 0 Å². The topological polar surface area (TPSA) is 49.8 Å². The number of rotatable bonds is 4. The molecule has 1 aliphatic rings. The standard InChI is InChI=1S/C13H16BrNO3/c14-12-9-11(13(16)17)2-1-10(12)3-4-15-5-7-18-8-6-15/h1-2,9H,3-8H2,(H,16,17). The second-order valence-corrected chi connectivity index (χ2v) is 5.17. The normalized spacial score (nSPS) is 16.7. The Bertz CT molecular complexity index is 430. The van der Waals surface area contributed by atoms with Gasteiger partial charge in [-0.3, -0.25) is 4.90 Å². The zero-order valence-electron chi connectivity index (χ0n) is 10.1. The summed E-state index contributed by atoms with van der Waals surface area (Å²) in [6.07, 6.45) is 0.917. The van der Waals surface area contributed by atoms with Gasteiger partial charge in [-0.05, 0) is 24.1 Å². The summed E-state index contributed by atoms with van der Waals surface area (Å²) >= 11 is 3.43. The second-order valence-electron chi connectivity index (χ2n) is 4.32. The molecule has 0 spiro atoms. The first-order valence-corrected chi connectivity index (χ1v) is 6.78. The van der Waals surface area contributed by atoms with E-state index in [1.165, 1.54) is 0 Å². The van der Waals surface area contributed by atoms with Gasteiger partial charge in [0.2, 0.25) is 0 Å². The van der Waals surface area contributed by atoms with Gasteiger partial charge in [0.1, 0.15) is 0 Å². The third kappa shape index (κ3) is 3.54. The lowest BCUT2D eigenvalue weighted by Crippen LogP contribution is -2.37. The highest BCUT2D eigenvalue weighted by Crippen LogP contribution is 2.19. The lowest BCUT2D eigenvalue weighted by molar-refractivity contribution is 0.0384. The summed E-state index contributed by atoms with van der Waals surface area (Å²) < 4.78 is 6.17. The van der Waals surface area contributed by atoms with Gasteiger partial charge in [-0.25, -0.2) is 4.79 Å². The molecule has 0 unspecified atom stereocenters. The van der Waals surface area contributed by atoms with E-state index in [9.17, 15) is 4.79 Å². The minimum Gasteiger partial charge on any atom is -0.478 e. The van der Waals surface area contributed by atoms with Crippen molar-refractivity contribution in [2.75, 3.05) is 32.8 Å². The fourth-order valence-corrected chi connectivity index (χ4v) is 2.56. The molecule has 0 aromatic heterocycles. The maximum Gasteiger partial charge on any atom is 0.335 e. The summed E-state index contributed by atoms with van der Waals surface area (Å²) in [6, 6.07) is 5.20. The number of benzene rings is 1. The van der Waals surface area contributed by atoms with Crippen molar-refractivity contribution < 1.29 is 14.6 Å². The first kappa shape index (κ1) is 13.5. The molecule has 98 valence electrons. The van der Waals surface area contributed by atoms with Gasteiger partial charge in [-0.1, -0.05) is 22.0 Å². The Morgan fingerprint density at radius 2 is 2.11 bits per heavy atom. The Kier molecular flexibility index (Phi) is 4.74. The number of hydrogen-bond acceptors (Lipinski definition) is 3. The number of nitrogens with zero attached hydrogens (tertiary/aromatic N) is 1. The number of carboxylic acid groups (broad SMARTS) is 1. The van der Waals surface area contributed by atoms with Crippen molar-refractivity contribution in [3.8, 4) is 0 Å². The average Bonchev–Trinajstić information content (AvgIpc) is 2.38. The van der Waals surface area contributed by atoms with Gasteiger partial charge in [-0.2, -0.15) is 0 Å². The van der Waals surface area contributed by atoms with E-state index in [0.717, 1.165) is 49.3 Å². The molecular weight excluding hydrogens is 298 g/mol. The van der Waals surface area contributed by atoms with Crippen molar-refractivity contribution in [3.63, 3.8) is 0 Å². The number of carboxylic acids is 1. The lowest BCUT2D eigenvalue weighted by Gasteiger charge is -2.26. The number of hydrogen-bond donors (Lipinski definition) is 1. The third-order valence-corrected chi connectivity index (χ3v) is 3.84. The molecule has 1 N–H and O–H groups in total. The van der Waals surface area contributed by atoms with Crippen LogP contribution in [0.2, 0.25) is 0 Å². The van der Waals surface area contributed by atoms with Crippen LogP contribution >= 0.6 is 15.9 Å². The molecule has 1 aromatic carbocycles. The third-order valence-electron chi connectivity index (χ3n) is 3.10. The highest BCUT2D eigenvalue weighted by molar-refractivity contribution is 9.10. The predicted octanol–water partition coefficient (Wildman–Crippen LogP) is 2.02. The van der Waals surface area contributed by atoms with E-state index >= 15 is 0 Å². The number of ether oxygens (including phenoxy) is 1. The molecule has 4 nitrogen and oxygen atoms in total. The van der Waals surface area contributed by atoms with E-state index < -0.39 is 5.97 Å². The summed E-state index contributed by atoms with van der Waals surface area (Å²) in [5, 5.41) is 8.89. The zero-order chi connectivity index (χ0) is 13.0. The molecule has 1 aliphatic heterocycles. The van der Waals surface area contributed by atoms with Crippen LogP contribution in [-0.2, 0) is 11.2 Å². The molecule has 1 fully saturated rings. The number of halogens is 1. The van der Waals surface area contributed by atoms with Crippen molar-refractivity contribution in [3.05, 3.63) is 33.8 Å². The second kappa shape index (κ2) is 6.31. The fourth-order valence-electron chi connectivity index (χ4n) is 1.99. The quantitative estimate of drug-likeness (QED) is 0.924. The molecule has 0 amide bonds.